The molecule has 1 aromatic rings. The van der Waals surface area contributed by atoms with Gasteiger partial charge in [0.15, 0.2) is 0 Å². The molecule has 0 radical (unpaired) electrons. The molecule has 1 aromatic carbocycles. The van der Waals surface area contributed by atoms with E-state index < -0.39 is 11.6 Å². The highest BCUT2D eigenvalue weighted by Gasteiger charge is 2.27. The average Bonchev–Trinajstić information content (AvgIpc) is 2.35. The first-order valence-corrected chi connectivity index (χ1v) is 6.65. The van der Waals surface area contributed by atoms with Crippen LogP contribution in [0.15, 0.2) is 18.2 Å². The van der Waals surface area contributed by atoms with Crippen LogP contribution in [0, 0.1) is 0 Å². The van der Waals surface area contributed by atoms with Gasteiger partial charge in [-0.15, -0.1) is 0 Å². The Bertz CT molecular complexity index is 545. The Morgan fingerprint density at radius 3 is 2.60 bits per heavy atom. The van der Waals surface area contributed by atoms with Crippen LogP contribution in [-0.4, -0.2) is 29.3 Å². The molecule has 0 saturated carbocycles. The summed E-state index contributed by atoms with van der Waals surface area (Å²) in [5.41, 5.74) is 1.32. The maximum atomic E-state index is 12.2. The van der Waals surface area contributed by atoms with Gasteiger partial charge in [0.25, 0.3) is 0 Å². The fraction of sp³-hybridized carbons (Fsp3) is 0.467. The summed E-state index contributed by atoms with van der Waals surface area (Å²) in [7, 11) is 0. The van der Waals surface area contributed by atoms with Crippen LogP contribution in [0.3, 0.4) is 0 Å². The summed E-state index contributed by atoms with van der Waals surface area (Å²) < 4.78 is 5.38. The third kappa shape index (κ3) is 3.10. The predicted molar refractivity (Wildman–Crippen MR) is 75.3 cm³/mol. The van der Waals surface area contributed by atoms with Crippen molar-refractivity contribution in [2.75, 3.05) is 11.4 Å². The monoisotopic (exact) mass is 277 g/mol. The molecule has 20 heavy (non-hydrogen) atoms. The Labute approximate surface area is 118 Å². The molecule has 1 aliphatic rings. The number of amides is 1. The van der Waals surface area contributed by atoms with Gasteiger partial charge in [-0.05, 0) is 57.4 Å². The largest absolute Gasteiger partial charge is 0.478 e. The number of hydrogen-bond donors (Lipinski definition) is 1. The van der Waals surface area contributed by atoms with Gasteiger partial charge in [-0.25, -0.2) is 9.59 Å². The van der Waals surface area contributed by atoms with E-state index in [1.165, 1.54) is 6.07 Å². The van der Waals surface area contributed by atoms with Crippen LogP contribution in [0.5, 0.6) is 0 Å². The number of carboxylic acids is 1. The third-order valence-corrected chi connectivity index (χ3v) is 3.06. The summed E-state index contributed by atoms with van der Waals surface area (Å²) in [5.74, 6) is -0.956. The molecule has 1 N–H and O–H groups in total. The summed E-state index contributed by atoms with van der Waals surface area (Å²) in [4.78, 5) is 24.7. The fourth-order valence-electron chi connectivity index (χ4n) is 2.24. The molecule has 0 atom stereocenters. The minimum atomic E-state index is -0.956. The Balaban J connectivity index is 2.29. The number of carboxylic acid groups (broad SMARTS) is 1. The summed E-state index contributed by atoms with van der Waals surface area (Å²) in [6, 6.07) is 4.83. The number of ether oxygens (including phenoxy) is 1. The highest BCUT2D eigenvalue weighted by Crippen LogP contribution is 2.29. The van der Waals surface area contributed by atoms with Gasteiger partial charge in [-0.2, -0.15) is 0 Å². The van der Waals surface area contributed by atoms with Crippen molar-refractivity contribution in [3.05, 3.63) is 29.3 Å². The molecular weight excluding hydrogens is 258 g/mol. The Morgan fingerprint density at radius 1 is 1.30 bits per heavy atom. The highest BCUT2D eigenvalue weighted by molar-refractivity contribution is 5.92. The maximum Gasteiger partial charge on any atom is 0.414 e. The Morgan fingerprint density at radius 2 is 2.00 bits per heavy atom. The number of rotatable bonds is 1. The molecule has 0 fully saturated rings. The van der Waals surface area contributed by atoms with Crippen molar-refractivity contribution in [2.24, 2.45) is 0 Å². The molecule has 0 bridgehead atoms. The first-order chi connectivity index (χ1) is 9.28. The van der Waals surface area contributed by atoms with E-state index in [4.69, 9.17) is 9.84 Å². The zero-order chi connectivity index (χ0) is 14.9. The van der Waals surface area contributed by atoms with Crippen LogP contribution >= 0.6 is 0 Å². The van der Waals surface area contributed by atoms with Gasteiger partial charge in [-0.1, -0.05) is 0 Å². The number of hydrogen-bond acceptors (Lipinski definition) is 3. The van der Waals surface area contributed by atoms with Gasteiger partial charge in [0.2, 0.25) is 0 Å². The van der Waals surface area contributed by atoms with Crippen molar-refractivity contribution in [1.29, 1.82) is 0 Å². The molecule has 1 amide bonds. The quantitative estimate of drug-likeness (QED) is 0.856. The molecular formula is C15H19NO4. The van der Waals surface area contributed by atoms with E-state index in [-0.39, 0.29) is 11.7 Å². The van der Waals surface area contributed by atoms with E-state index >= 15 is 0 Å². The maximum absolute atomic E-state index is 12.2. The van der Waals surface area contributed by atoms with E-state index in [0.29, 0.717) is 6.54 Å². The lowest BCUT2D eigenvalue weighted by molar-refractivity contribution is 0.0577. The van der Waals surface area contributed by atoms with Gasteiger partial charge in [-0.3, -0.25) is 4.90 Å². The van der Waals surface area contributed by atoms with E-state index in [9.17, 15) is 9.59 Å². The molecule has 0 spiro atoms. The lowest BCUT2D eigenvalue weighted by atomic mass is 9.99. The van der Waals surface area contributed by atoms with Gasteiger partial charge < -0.3 is 9.84 Å². The molecule has 0 aliphatic carbocycles. The first kappa shape index (κ1) is 14.4. The summed E-state index contributed by atoms with van der Waals surface area (Å²) >= 11 is 0. The zero-order valence-electron chi connectivity index (χ0n) is 12.0. The van der Waals surface area contributed by atoms with Gasteiger partial charge in [0, 0.05) is 6.54 Å². The summed E-state index contributed by atoms with van der Waals surface area (Å²) in [6.45, 7) is 6.06. The standard InChI is InChI=1S/C15H19NO4/c1-15(2,3)20-14(19)16-8-4-5-10-9-11(13(17)18)6-7-12(10)16/h6-7,9H,4-5,8H2,1-3H3,(H,17,18). The zero-order valence-corrected chi connectivity index (χ0v) is 12.0. The smallest absolute Gasteiger partial charge is 0.414 e. The Kier molecular flexibility index (Phi) is 3.70. The van der Waals surface area contributed by atoms with Crippen molar-refractivity contribution in [1.82, 2.24) is 0 Å². The van der Waals surface area contributed by atoms with E-state index in [2.05, 4.69) is 0 Å². The molecule has 108 valence electrons. The predicted octanol–water partition coefficient (Wildman–Crippen LogP) is 3.07. The molecule has 2 rings (SSSR count). The number of carbonyl (C=O) groups excluding carboxylic acids is 1. The van der Waals surface area contributed by atoms with Crippen molar-refractivity contribution in [2.45, 2.75) is 39.2 Å². The lowest BCUT2D eigenvalue weighted by Crippen LogP contribution is -2.39. The van der Waals surface area contributed by atoms with Crippen LogP contribution in [0.25, 0.3) is 0 Å². The summed E-state index contributed by atoms with van der Waals surface area (Å²) in [5, 5.41) is 9.01. The molecule has 0 aromatic heterocycles. The van der Waals surface area contributed by atoms with E-state index in [0.717, 1.165) is 24.1 Å². The number of carbonyl (C=O) groups is 2. The first-order valence-electron chi connectivity index (χ1n) is 6.65. The summed E-state index contributed by atoms with van der Waals surface area (Å²) in [6.07, 6.45) is 1.19. The minimum absolute atomic E-state index is 0.245. The second-order valence-corrected chi connectivity index (χ2v) is 5.88. The number of fused-ring (bicyclic) bond motifs is 1. The number of aryl methyl sites for hydroxylation is 1. The minimum Gasteiger partial charge on any atom is -0.478 e. The fourth-order valence-corrected chi connectivity index (χ4v) is 2.24. The van der Waals surface area contributed by atoms with Crippen molar-refractivity contribution in [3.63, 3.8) is 0 Å². The van der Waals surface area contributed by atoms with Crippen LogP contribution in [0.1, 0.15) is 43.1 Å². The topological polar surface area (TPSA) is 66.8 Å². The normalized spacial score (nSPS) is 14.7. The Hall–Kier alpha value is -2.04. The van der Waals surface area contributed by atoms with Crippen LogP contribution in [0.4, 0.5) is 10.5 Å². The molecule has 1 aliphatic heterocycles. The second kappa shape index (κ2) is 5.15. The van der Waals surface area contributed by atoms with Crippen molar-refractivity contribution in [3.8, 4) is 0 Å². The molecule has 0 unspecified atom stereocenters. The lowest BCUT2D eigenvalue weighted by Gasteiger charge is -2.31. The third-order valence-electron chi connectivity index (χ3n) is 3.06. The van der Waals surface area contributed by atoms with Crippen LogP contribution < -0.4 is 4.90 Å². The average molecular weight is 277 g/mol. The SMILES string of the molecule is CC(C)(C)OC(=O)N1CCCc2cc(C(=O)O)ccc21. The molecule has 0 saturated heterocycles. The molecule has 5 heteroatoms. The number of anilines is 1. The van der Waals surface area contributed by atoms with Gasteiger partial charge >= 0.3 is 12.1 Å². The van der Waals surface area contributed by atoms with E-state index in [1.54, 1.807) is 17.0 Å². The number of aromatic carboxylic acids is 1. The van der Waals surface area contributed by atoms with E-state index in [1.807, 2.05) is 20.8 Å². The number of benzene rings is 1. The van der Waals surface area contributed by atoms with Crippen molar-refractivity contribution < 1.29 is 19.4 Å². The molecule has 5 nitrogen and oxygen atoms in total. The highest BCUT2D eigenvalue weighted by atomic mass is 16.6. The van der Waals surface area contributed by atoms with Gasteiger partial charge in [0.05, 0.1) is 11.3 Å². The van der Waals surface area contributed by atoms with Crippen molar-refractivity contribution >= 4 is 17.7 Å². The van der Waals surface area contributed by atoms with Gasteiger partial charge in [0.1, 0.15) is 5.60 Å². The molecule has 1 heterocycles. The van der Waals surface area contributed by atoms with Crippen LogP contribution in [0.2, 0.25) is 0 Å². The van der Waals surface area contributed by atoms with Crippen LogP contribution in [-0.2, 0) is 11.2 Å². The second-order valence-electron chi connectivity index (χ2n) is 5.88. The number of nitrogens with zero attached hydrogens (tertiary/aromatic N) is 1.